The van der Waals surface area contributed by atoms with Gasteiger partial charge in [-0.05, 0) is 52.7 Å². The second-order valence-corrected chi connectivity index (χ2v) is 6.89. The van der Waals surface area contributed by atoms with Crippen LogP contribution in [0.4, 0.5) is 5.69 Å². The second-order valence-electron chi connectivity index (χ2n) is 5.06. The molecule has 0 spiro atoms. The summed E-state index contributed by atoms with van der Waals surface area (Å²) < 4.78 is 1.66. The molecule has 0 saturated heterocycles. The van der Waals surface area contributed by atoms with Gasteiger partial charge in [-0.1, -0.05) is 15.9 Å². The molecule has 7 heteroatoms. The first-order valence-electron chi connectivity index (χ1n) is 6.79. The van der Waals surface area contributed by atoms with E-state index in [2.05, 4.69) is 42.2 Å². The summed E-state index contributed by atoms with van der Waals surface area (Å²) in [6, 6.07) is 7.25. The van der Waals surface area contributed by atoms with Crippen LogP contribution in [0.15, 0.2) is 45.6 Å². The van der Waals surface area contributed by atoms with Gasteiger partial charge >= 0.3 is 0 Å². The topological polar surface area (TPSA) is 62.3 Å². The van der Waals surface area contributed by atoms with E-state index >= 15 is 0 Å². The van der Waals surface area contributed by atoms with Gasteiger partial charge in [0, 0.05) is 34.1 Å². The molecule has 0 aliphatic carbocycles. The minimum absolute atomic E-state index is 0.0408. The molecule has 120 valence electrons. The van der Waals surface area contributed by atoms with Gasteiger partial charge in [0.05, 0.1) is 12.1 Å². The molecule has 0 atom stereocenters. The lowest BCUT2D eigenvalue weighted by Gasteiger charge is -2.17. The number of aromatic nitrogens is 1. The van der Waals surface area contributed by atoms with Gasteiger partial charge in [0.2, 0.25) is 5.91 Å². The fourth-order valence-corrected chi connectivity index (χ4v) is 2.83. The van der Waals surface area contributed by atoms with Crippen LogP contribution in [0.2, 0.25) is 0 Å². The maximum atomic E-state index is 12.3. The van der Waals surface area contributed by atoms with Crippen LogP contribution in [-0.2, 0) is 4.79 Å². The summed E-state index contributed by atoms with van der Waals surface area (Å²) in [5, 5.41) is 2.81. The van der Waals surface area contributed by atoms with E-state index in [4.69, 9.17) is 0 Å². The zero-order chi connectivity index (χ0) is 17.0. The molecule has 0 aliphatic rings. The smallest absolute Gasteiger partial charge is 0.255 e. The summed E-state index contributed by atoms with van der Waals surface area (Å²) in [5.41, 5.74) is 2.09. The molecule has 0 unspecified atom stereocenters. The van der Waals surface area contributed by atoms with Crippen LogP contribution in [-0.4, -0.2) is 35.3 Å². The Morgan fingerprint density at radius 3 is 2.57 bits per heavy atom. The van der Waals surface area contributed by atoms with Gasteiger partial charge in [-0.2, -0.15) is 0 Å². The monoisotopic (exact) mass is 439 g/mol. The van der Waals surface area contributed by atoms with Crippen LogP contribution in [0.5, 0.6) is 0 Å². The number of rotatable bonds is 4. The summed E-state index contributed by atoms with van der Waals surface area (Å²) >= 11 is 6.65. The molecule has 5 nitrogen and oxygen atoms in total. The zero-order valence-electron chi connectivity index (χ0n) is 12.6. The van der Waals surface area contributed by atoms with Crippen LogP contribution < -0.4 is 5.32 Å². The summed E-state index contributed by atoms with van der Waals surface area (Å²) in [7, 11) is 1.58. The Labute approximate surface area is 151 Å². The molecule has 2 aromatic rings. The van der Waals surface area contributed by atoms with E-state index in [0.29, 0.717) is 10.0 Å². The third-order valence-corrected chi connectivity index (χ3v) is 4.07. The average Bonchev–Trinajstić information content (AvgIpc) is 2.49. The number of anilines is 1. The molecular formula is C16H15Br2N3O2. The number of carbonyl (C=O) groups excluding carboxylic acids is 2. The van der Waals surface area contributed by atoms with E-state index in [-0.39, 0.29) is 18.4 Å². The van der Waals surface area contributed by atoms with Gasteiger partial charge in [-0.25, -0.2) is 0 Å². The van der Waals surface area contributed by atoms with Crippen molar-refractivity contribution in [1.29, 1.82) is 0 Å². The van der Waals surface area contributed by atoms with Crippen molar-refractivity contribution in [3.63, 3.8) is 0 Å². The number of hydrogen-bond acceptors (Lipinski definition) is 3. The average molecular weight is 441 g/mol. The predicted octanol–water partition coefficient (Wildman–Crippen LogP) is 3.63. The molecule has 0 saturated carbocycles. The third kappa shape index (κ3) is 4.87. The van der Waals surface area contributed by atoms with Crippen LogP contribution in [0.1, 0.15) is 15.9 Å². The van der Waals surface area contributed by atoms with Gasteiger partial charge < -0.3 is 10.2 Å². The SMILES string of the molecule is Cc1cc(Br)ccc1NC(=O)CN(C)C(=O)c1cncc(Br)c1. The molecule has 0 fully saturated rings. The number of nitrogens with zero attached hydrogens (tertiary/aromatic N) is 2. The standard InChI is InChI=1S/C16H15Br2N3O2/c1-10-5-12(17)3-4-14(10)20-15(22)9-21(2)16(23)11-6-13(18)8-19-7-11/h3-8H,9H2,1-2H3,(H,20,22). The zero-order valence-corrected chi connectivity index (χ0v) is 15.8. The maximum Gasteiger partial charge on any atom is 0.255 e. The van der Waals surface area contributed by atoms with Crippen molar-refractivity contribution in [2.75, 3.05) is 18.9 Å². The fourth-order valence-electron chi connectivity index (χ4n) is 1.99. The molecular weight excluding hydrogens is 426 g/mol. The molecule has 1 N–H and O–H groups in total. The van der Waals surface area contributed by atoms with E-state index in [1.807, 2.05) is 25.1 Å². The predicted molar refractivity (Wildman–Crippen MR) is 96.4 cm³/mol. The van der Waals surface area contributed by atoms with Crippen molar-refractivity contribution in [1.82, 2.24) is 9.88 Å². The molecule has 0 bridgehead atoms. The number of pyridine rings is 1. The van der Waals surface area contributed by atoms with Crippen LogP contribution >= 0.6 is 31.9 Å². The first kappa shape index (κ1) is 17.6. The summed E-state index contributed by atoms with van der Waals surface area (Å²) in [4.78, 5) is 29.7. The van der Waals surface area contributed by atoms with Crippen LogP contribution in [0.3, 0.4) is 0 Å². The Hall–Kier alpha value is -1.73. The van der Waals surface area contributed by atoms with E-state index < -0.39 is 0 Å². The lowest BCUT2D eigenvalue weighted by atomic mass is 10.2. The molecule has 2 rings (SSSR count). The van der Waals surface area contributed by atoms with Crippen molar-refractivity contribution in [3.8, 4) is 0 Å². The minimum Gasteiger partial charge on any atom is -0.332 e. The van der Waals surface area contributed by atoms with Crippen LogP contribution in [0, 0.1) is 6.92 Å². The van der Waals surface area contributed by atoms with E-state index in [1.54, 1.807) is 19.3 Å². The van der Waals surface area contributed by atoms with Crippen molar-refractivity contribution >= 4 is 49.4 Å². The Balaban J connectivity index is 2.00. The molecule has 1 aromatic heterocycles. The summed E-state index contributed by atoms with van der Waals surface area (Å²) in [6.45, 7) is 1.86. The molecule has 0 radical (unpaired) electrons. The highest BCUT2D eigenvalue weighted by Gasteiger charge is 2.16. The van der Waals surface area contributed by atoms with E-state index in [0.717, 1.165) is 15.7 Å². The Morgan fingerprint density at radius 2 is 1.91 bits per heavy atom. The highest BCUT2D eigenvalue weighted by atomic mass is 79.9. The first-order chi connectivity index (χ1) is 10.9. The molecule has 2 amide bonds. The Morgan fingerprint density at radius 1 is 1.17 bits per heavy atom. The number of benzene rings is 1. The number of nitrogens with one attached hydrogen (secondary N) is 1. The normalized spacial score (nSPS) is 10.3. The van der Waals surface area contributed by atoms with Gasteiger partial charge in [-0.3, -0.25) is 14.6 Å². The molecule has 1 aromatic carbocycles. The lowest BCUT2D eigenvalue weighted by Crippen LogP contribution is -2.35. The number of likely N-dealkylation sites (N-methyl/N-ethyl adjacent to an activating group) is 1. The van der Waals surface area contributed by atoms with Gasteiger partial charge in [0.15, 0.2) is 0 Å². The maximum absolute atomic E-state index is 12.3. The number of hydrogen-bond donors (Lipinski definition) is 1. The van der Waals surface area contributed by atoms with E-state index in [9.17, 15) is 9.59 Å². The van der Waals surface area contributed by atoms with Crippen LogP contribution in [0.25, 0.3) is 0 Å². The first-order valence-corrected chi connectivity index (χ1v) is 8.37. The number of halogens is 2. The van der Waals surface area contributed by atoms with Gasteiger partial charge in [0.1, 0.15) is 0 Å². The number of amides is 2. The summed E-state index contributed by atoms with van der Waals surface area (Å²) in [5.74, 6) is -0.518. The lowest BCUT2D eigenvalue weighted by molar-refractivity contribution is -0.116. The molecule has 23 heavy (non-hydrogen) atoms. The minimum atomic E-state index is -0.263. The Bertz CT molecular complexity index is 750. The highest BCUT2D eigenvalue weighted by molar-refractivity contribution is 9.10. The van der Waals surface area contributed by atoms with E-state index in [1.165, 1.54) is 11.1 Å². The third-order valence-electron chi connectivity index (χ3n) is 3.14. The van der Waals surface area contributed by atoms with Crippen molar-refractivity contribution in [2.24, 2.45) is 0 Å². The number of aryl methyl sites for hydroxylation is 1. The molecule has 1 heterocycles. The van der Waals surface area contributed by atoms with Crippen molar-refractivity contribution in [3.05, 3.63) is 56.7 Å². The largest absolute Gasteiger partial charge is 0.332 e. The quantitative estimate of drug-likeness (QED) is 0.789. The number of carbonyl (C=O) groups is 2. The van der Waals surface area contributed by atoms with Gasteiger partial charge in [0.25, 0.3) is 5.91 Å². The summed E-state index contributed by atoms with van der Waals surface area (Å²) in [6.07, 6.45) is 3.07. The van der Waals surface area contributed by atoms with Crippen molar-refractivity contribution < 1.29 is 9.59 Å². The van der Waals surface area contributed by atoms with Crippen molar-refractivity contribution in [2.45, 2.75) is 6.92 Å². The second kappa shape index (κ2) is 7.70. The van der Waals surface area contributed by atoms with Gasteiger partial charge in [-0.15, -0.1) is 0 Å². The Kier molecular flexibility index (Phi) is 5.90. The fraction of sp³-hybridized carbons (Fsp3) is 0.188. The highest BCUT2D eigenvalue weighted by Crippen LogP contribution is 2.20. The molecule has 0 aliphatic heterocycles.